The van der Waals surface area contributed by atoms with Crippen molar-refractivity contribution in [3.8, 4) is 0 Å². The molecule has 0 radical (unpaired) electrons. The van der Waals surface area contributed by atoms with Crippen LogP contribution in [0.1, 0.15) is 57.8 Å². The minimum Gasteiger partial charge on any atom is -0.481 e. The van der Waals surface area contributed by atoms with Gasteiger partial charge in [-0.2, -0.15) is 0 Å². The normalized spacial score (nSPS) is 26.6. The van der Waals surface area contributed by atoms with Crippen LogP contribution in [0.5, 0.6) is 0 Å². The van der Waals surface area contributed by atoms with Crippen LogP contribution in [-0.2, 0) is 4.79 Å². The quantitative estimate of drug-likeness (QED) is 0.517. The van der Waals surface area contributed by atoms with Crippen molar-refractivity contribution in [3.05, 3.63) is 0 Å². The highest BCUT2D eigenvalue weighted by Crippen LogP contribution is 2.33. The number of urea groups is 1. The molecular weight excluding hydrogens is 256 g/mol. The second kappa shape index (κ2) is 7.50. The molecule has 3 N–H and O–H groups in total. The molecule has 5 nitrogen and oxygen atoms in total. The highest BCUT2D eigenvalue weighted by molar-refractivity contribution is 5.76. The number of hydrogen-bond donors (Lipinski definition) is 3. The molecule has 2 aliphatic rings. The zero-order chi connectivity index (χ0) is 14.4. The lowest BCUT2D eigenvalue weighted by molar-refractivity contribution is -0.142. The Bertz CT molecular complexity index is 342. The SMILES string of the molecule is O=C(NCCCC1CC1)NC1CCCCCC1C(=O)O. The molecule has 0 saturated heterocycles. The number of carboxylic acid groups (broad SMARTS) is 1. The smallest absolute Gasteiger partial charge is 0.315 e. The van der Waals surface area contributed by atoms with E-state index in [1.54, 1.807) is 0 Å². The van der Waals surface area contributed by atoms with E-state index in [4.69, 9.17) is 0 Å². The number of nitrogens with one attached hydrogen (secondary N) is 2. The first-order chi connectivity index (χ1) is 9.66. The van der Waals surface area contributed by atoms with Gasteiger partial charge in [-0.05, 0) is 31.6 Å². The Labute approximate surface area is 120 Å². The number of amides is 2. The summed E-state index contributed by atoms with van der Waals surface area (Å²) in [4.78, 5) is 23.1. The van der Waals surface area contributed by atoms with Gasteiger partial charge in [0.15, 0.2) is 0 Å². The molecule has 0 spiro atoms. The van der Waals surface area contributed by atoms with Crippen LogP contribution in [0.4, 0.5) is 4.79 Å². The highest BCUT2D eigenvalue weighted by atomic mass is 16.4. The molecule has 0 aromatic rings. The molecule has 2 amide bonds. The molecule has 2 aliphatic carbocycles. The lowest BCUT2D eigenvalue weighted by atomic mass is 9.95. The van der Waals surface area contributed by atoms with Gasteiger partial charge in [0, 0.05) is 12.6 Å². The monoisotopic (exact) mass is 282 g/mol. The summed E-state index contributed by atoms with van der Waals surface area (Å²) < 4.78 is 0. The zero-order valence-electron chi connectivity index (χ0n) is 12.1. The van der Waals surface area contributed by atoms with Crippen molar-refractivity contribution < 1.29 is 14.7 Å². The minimum absolute atomic E-state index is 0.209. The number of hydrogen-bond acceptors (Lipinski definition) is 2. The van der Waals surface area contributed by atoms with Crippen LogP contribution >= 0.6 is 0 Å². The van der Waals surface area contributed by atoms with Crippen molar-refractivity contribution in [2.75, 3.05) is 6.54 Å². The van der Waals surface area contributed by atoms with Gasteiger partial charge in [-0.15, -0.1) is 0 Å². The first-order valence-corrected chi connectivity index (χ1v) is 7.94. The van der Waals surface area contributed by atoms with Crippen LogP contribution in [0.3, 0.4) is 0 Å². The van der Waals surface area contributed by atoms with Gasteiger partial charge in [0.2, 0.25) is 0 Å². The Hall–Kier alpha value is -1.26. The van der Waals surface area contributed by atoms with Crippen LogP contribution in [0, 0.1) is 11.8 Å². The van der Waals surface area contributed by atoms with Crippen molar-refractivity contribution in [2.45, 2.75) is 63.8 Å². The summed E-state index contributed by atoms with van der Waals surface area (Å²) in [7, 11) is 0. The molecule has 20 heavy (non-hydrogen) atoms. The number of carboxylic acids is 1. The molecule has 0 aromatic carbocycles. The average Bonchev–Trinajstić information content (AvgIpc) is 3.21. The van der Waals surface area contributed by atoms with E-state index in [-0.39, 0.29) is 12.1 Å². The van der Waals surface area contributed by atoms with Crippen LogP contribution in [0.2, 0.25) is 0 Å². The summed E-state index contributed by atoms with van der Waals surface area (Å²) in [6, 6.07) is -0.433. The van der Waals surface area contributed by atoms with Crippen LogP contribution in [-0.4, -0.2) is 29.7 Å². The van der Waals surface area contributed by atoms with Crippen molar-refractivity contribution in [3.63, 3.8) is 0 Å². The zero-order valence-corrected chi connectivity index (χ0v) is 12.1. The molecule has 0 bridgehead atoms. The Morgan fingerprint density at radius 3 is 2.50 bits per heavy atom. The van der Waals surface area contributed by atoms with Crippen molar-refractivity contribution in [2.24, 2.45) is 11.8 Å². The van der Waals surface area contributed by atoms with Gasteiger partial charge in [-0.1, -0.05) is 32.1 Å². The summed E-state index contributed by atoms with van der Waals surface area (Å²) in [6.07, 6.45) is 9.34. The fraction of sp³-hybridized carbons (Fsp3) is 0.867. The van der Waals surface area contributed by atoms with Gasteiger partial charge < -0.3 is 15.7 Å². The maximum atomic E-state index is 11.8. The first kappa shape index (κ1) is 15.1. The van der Waals surface area contributed by atoms with Gasteiger partial charge in [0.25, 0.3) is 0 Å². The second-order valence-electron chi connectivity index (χ2n) is 6.18. The fourth-order valence-corrected chi connectivity index (χ4v) is 2.99. The maximum absolute atomic E-state index is 11.8. The van der Waals surface area contributed by atoms with Gasteiger partial charge >= 0.3 is 12.0 Å². The van der Waals surface area contributed by atoms with Crippen LogP contribution in [0.25, 0.3) is 0 Å². The Balaban J connectivity index is 1.70. The lowest BCUT2D eigenvalue weighted by Crippen LogP contribution is -2.47. The standard InChI is InChI=1S/C15H26N2O3/c18-14(19)12-6-2-1-3-7-13(12)17-15(20)16-10-4-5-11-8-9-11/h11-13H,1-10H2,(H,18,19)(H2,16,17,20). The molecule has 5 heteroatoms. The second-order valence-corrected chi connectivity index (χ2v) is 6.18. The maximum Gasteiger partial charge on any atom is 0.315 e. The topological polar surface area (TPSA) is 78.4 Å². The number of carbonyl (C=O) groups is 2. The largest absolute Gasteiger partial charge is 0.481 e. The minimum atomic E-state index is -0.786. The molecule has 0 aliphatic heterocycles. The third kappa shape index (κ3) is 5.02. The fourth-order valence-electron chi connectivity index (χ4n) is 2.99. The molecule has 114 valence electrons. The molecule has 2 rings (SSSR count). The molecule has 2 saturated carbocycles. The van der Waals surface area contributed by atoms with Crippen LogP contribution < -0.4 is 10.6 Å². The van der Waals surface area contributed by atoms with E-state index in [9.17, 15) is 14.7 Å². The average molecular weight is 282 g/mol. The molecule has 0 aromatic heterocycles. The molecular formula is C15H26N2O3. The molecule has 2 unspecified atom stereocenters. The number of carbonyl (C=O) groups excluding carboxylic acids is 1. The third-order valence-electron chi connectivity index (χ3n) is 4.42. The third-order valence-corrected chi connectivity index (χ3v) is 4.42. The summed E-state index contributed by atoms with van der Waals surface area (Å²) in [5, 5.41) is 15.0. The van der Waals surface area contributed by atoms with E-state index in [0.29, 0.717) is 13.0 Å². The summed E-state index contributed by atoms with van der Waals surface area (Å²) in [5.74, 6) is -0.334. The molecule has 2 atom stereocenters. The number of rotatable bonds is 6. The Morgan fingerprint density at radius 2 is 1.80 bits per heavy atom. The Morgan fingerprint density at radius 1 is 1.05 bits per heavy atom. The highest BCUT2D eigenvalue weighted by Gasteiger charge is 2.30. The molecule has 2 fully saturated rings. The lowest BCUT2D eigenvalue weighted by Gasteiger charge is -2.23. The summed E-state index contributed by atoms with van der Waals surface area (Å²) in [6.45, 7) is 0.687. The summed E-state index contributed by atoms with van der Waals surface area (Å²) in [5.41, 5.74) is 0. The van der Waals surface area contributed by atoms with E-state index < -0.39 is 11.9 Å². The van der Waals surface area contributed by atoms with Crippen molar-refractivity contribution >= 4 is 12.0 Å². The van der Waals surface area contributed by atoms with E-state index in [1.807, 2.05) is 0 Å². The van der Waals surface area contributed by atoms with Crippen molar-refractivity contribution in [1.82, 2.24) is 10.6 Å². The van der Waals surface area contributed by atoms with E-state index in [0.717, 1.165) is 38.0 Å². The van der Waals surface area contributed by atoms with Gasteiger partial charge in [0.1, 0.15) is 0 Å². The van der Waals surface area contributed by atoms with E-state index in [2.05, 4.69) is 10.6 Å². The van der Waals surface area contributed by atoms with Gasteiger partial charge in [-0.3, -0.25) is 4.79 Å². The Kier molecular flexibility index (Phi) is 5.68. The van der Waals surface area contributed by atoms with E-state index in [1.165, 1.54) is 19.3 Å². The van der Waals surface area contributed by atoms with Gasteiger partial charge in [-0.25, -0.2) is 4.79 Å². The number of aliphatic carboxylic acids is 1. The van der Waals surface area contributed by atoms with E-state index >= 15 is 0 Å². The first-order valence-electron chi connectivity index (χ1n) is 7.94. The van der Waals surface area contributed by atoms with Crippen LogP contribution in [0.15, 0.2) is 0 Å². The predicted molar refractivity (Wildman–Crippen MR) is 76.5 cm³/mol. The summed E-state index contributed by atoms with van der Waals surface area (Å²) >= 11 is 0. The van der Waals surface area contributed by atoms with Crippen molar-refractivity contribution in [1.29, 1.82) is 0 Å². The van der Waals surface area contributed by atoms with Gasteiger partial charge in [0.05, 0.1) is 5.92 Å². The molecule has 0 heterocycles. The predicted octanol–water partition coefficient (Wildman–Crippen LogP) is 2.51.